The van der Waals surface area contributed by atoms with Gasteiger partial charge in [-0.15, -0.1) is 0 Å². The van der Waals surface area contributed by atoms with E-state index in [-0.39, 0.29) is 30.6 Å². The number of ether oxygens (including phenoxy) is 1. The SMILES string of the molecule is CCC(F)CC(C(=O)OCc1ccccc1)N1C(=O)c2ccccc2C1=O. The molecule has 0 fully saturated rings. The summed E-state index contributed by atoms with van der Waals surface area (Å²) in [6.07, 6.45) is -1.44. The molecule has 2 aromatic rings. The van der Waals surface area contributed by atoms with E-state index in [2.05, 4.69) is 0 Å². The van der Waals surface area contributed by atoms with Crippen molar-refractivity contribution in [3.8, 4) is 0 Å². The monoisotopic (exact) mass is 369 g/mol. The first-order valence-electron chi connectivity index (χ1n) is 8.84. The molecule has 1 heterocycles. The smallest absolute Gasteiger partial charge is 0.329 e. The van der Waals surface area contributed by atoms with Crippen LogP contribution in [0.4, 0.5) is 4.39 Å². The third kappa shape index (κ3) is 3.89. The molecule has 0 saturated carbocycles. The first-order chi connectivity index (χ1) is 13.0. The molecule has 2 amide bonds. The Bertz CT molecular complexity index is 817. The number of amides is 2. The maximum Gasteiger partial charge on any atom is 0.329 e. The molecule has 6 heteroatoms. The van der Waals surface area contributed by atoms with Gasteiger partial charge < -0.3 is 4.74 Å². The number of esters is 1. The Labute approximate surface area is 156 Å². The Morgan fingerprint density at radius 2 is 1.56 bits per heavy atom. The molecule has 140 valence electrons. The fourth-order valence-electron chi connectivity index (χ4n) is 3.03. The molecule has 5 nitrogen and oxygen atoms in total. The van der Waals surface area contributed by atoms with Gasteiger partial charge in [0.1, 0.15) is 18.8 Å². The molecule has 3 rings (SSSR count). The molecule has 0 aromatic heterocycles. The number of halogens is 1. The van der Waals surface area contributed by atoms with Crippen molar-refractivity contribution in [3.63, 3.8) is 0 Å². The third-order valence-electron chi connectivity index (χ3n) is 4.56. The summed E-state index contributed by atoms with van der Waals surface area (Å²) in [5.74, 6) is -1.98. The standard InChI is InChI=1S/C21H20FNO4/c1-2-15(22)12-18(21(26)27-13-14-8-4-3-5-9-14)23-19(24)16-10-6-7-11-17(16)20(23)25/h3-11,15,18H,2,12-13H2,1H3. The highest BCUT2D eigenvalue weighted by molar-refractivity contribution is 6.22. The van der Waals surface area contributed by atoms with Crippen LogP contribution in [0.3, 0.4) is 0 Å². The molecule has 0 aliphatic carbocycles. The van der Waals surface area contributed by atoms with E-state index in [1.807, 2.05) is 6.07 Å². The van der Waals surface area contributed by atoms with Gasteiger partial charge in [-0.3, -0.25) is 14.5 Å². The van der Waals surface area contributed by atoms with Gasteiger partial charge in [0.2, 0.25) is 0 Å². The van der Waals surface area contributed by atoms with E-state index in [9.17, 15) is 18.8 Å². The molecule has 1 aliphatic heterocycles. The molecule has 0 bridgehead atoms. The van der Waals surface area contributed by atoms with Crippen LogP contribution in [0.5, 0.6) is 0 Å². The number of carbonyl (C=O) groups excluding carboxylic acids is 3. The van der Waals surface area contributed by atoms with Crippen molar-refractivity contribution >= 4 is 17.8 Å². The van der Waals surface area contributed by atoms with Gasteiger partial charge >= 0.3 is 5.97 Å². The van der Waals surface area contributed by atoms with E-state index in [0.717, 1.165) is 10.5 Å². The van der Waals surface area contributed by atoms with E-state index in [1.165, 1.54) is 12.1 Å². The van der Waals surface area contributed by atoms with E-state index in [4.69, 9.17) is 4.74 Å². The molecule has 0 spiro atoms. The predicted octanol–water partition coefficient (Wildman–Crippen LogP) is 3.53. The molecule has 0 radical (unpaired) electrons. The summed E-state index contributed by atoms with van der Waals surface area (Å²) in [6, 6.07) is 14.0. The second-order valence-corrected chi connectivity index (χ2v) is 6.38. The van der Waals surface area contributed by atoms with Crippen molar-refractivity contribution in [2.45, 2.75) is 38.6 Å². The van der Waals surface area contributed by atoms with Gasteiger partial charge in [-0.1, -0.05) is 49.4 Å². The lowest BCUT2D eigenvalue weighted by atomic mass is 10.1. The molecule has 2 atom stereocenters. The molecule has 2 aromatic carbocycles. The highest BCUT2D eigenvalue weighted by atomic mass is 19.1. The Balaban J connectivity index is 1.82. The summed E-state index contributed by atoms with van der Waals surface area (Å²) < 4.78 is 19.4. The Hall–Kier alpha value is -3.02. The molecule has 1 aliphatic rings. The van der Waals surface area contributed by atoms with Crippen LogP contribution in [0.25, 0.3) is 0 Å². The zero-order chi connectivity index (χ0) is 19.4. The van der Waals surface area contributed by atoms with Gasteiger partial charge in [-0.2, -0.15) is 0 Å². The van der Waals surface area contributed by atoms with Crippen LogP contribution in [-0.2, 0) is 16.1 Å². The summed E-state index contributed by atoms with van der Waals surface area (Å²) in [4.78, 5) is 38.8. The zero-order valence-electron chi connectivity index (χ0n) is 14.9. The number of nitrogens with zero attached hydrogens (tertiary/aromatic N) is 1. The van der Waals surface area contributed by atoms with Gasteiger partial charge in [0.25, 0.3) is 11.8 Å². The lowest BCUT2D eigenvalue weighted by Crippen LogP contribution is -2.47. The Morgan fingerprint density at radius 3 is 2.11 bits per heavy atom. The number of imide groups is 1. The third-order valence-corrected chi connectivity index (χ3v) is 4.56. The number of carbonyl (C=O) groups is 3. The van der Waals surface area contributed by atoms with Crippen LogP contribution in [0.1, 0.15) is 46.0 Å². The minimum absolute atomic E-state index is 0.0115. The Kier molecular flexibility index (Phi) is 5.64. The van der Waals surface area contributed by atoms with Gasteiger partial charge in [0.05, 0.1) is 11.1 Å². The normalized spacial score (nSPS) is 15.4. The van der Waals surface area contributed by atoms with E-state index >= 15 is 0 Å². The number of benzene rings is 2. The maximum atomic E-state index is 14.1. The van der Waals surface area contributed by atoms with E-state index < -0.39 is 30.0 Å². The van der Waals surface area contributed by atoms with Crippen LogP contribution in [0.15, 0.2) is 54.6 Å². The summed E-state index contributed by atoms with van der Waals surface area (Å²) in [5, 5.41) is 0. The summed E-state index contributed by atoms with van der Waals surface area (Å²) in [5.41, 5.74) is 1.20. The van der Waals surface area contributed by atoms with Crippen LogP contribution in [0.2, 0.25) is 0 Å². The van der Waals surface area contributed by atoms with Crippen LogP contribution in [0, 0.1) is 0 Å². The van der Waals surface area contributed by atoms with Crippen molar-refractivity contribution in [3.05, 3.63) is 71.3 Å². The minimum Gasteiger partial charge on any atom is -0.459 e. The second-order valence-electron chi connectivity index (χ2n) is 6.38. The van der Waals surface area contributed by atoms with Crippen molar-refractivity contribution in [2.24, 2.45) is 0 Å². The predicted molar refractivity (Wildman–Crippen MR) is 96.8 cm³/mol. The first-order valence-corrected chi connectivity index (χ1v) is 8.84. The van der Waals surface area contributed by atoms with Gasteiger partial charge in [0, 0.05) is 6.42 Å². The molecule has 2 unspecified atom stereocenters. The molecule has 0 saturated heterocycles. The lowest BCUT2D eigenvalue weighted by molar-refractivity contribution is -0.150. The van der Waals surface area contributed by atoms with Crippen LogP contribution >= 0.6 is 0 Å². The second kappa shape index (κ2) is 8.12. The number of hydrogen-bond acceptors (Lipinski definition) is 4. The van der Waals surface area contributed by atoms with E-state index in [1.54, 1.807) is 43.3 Å². The highest BCUT2D eigenvalue weighted by Gasteiger charge is 2.44. The van der Waals surface area contributed by atoms with Crippen molar-refractivity contribution < 1.29 is 23.5 Å². The molecular weight excluding hydrogens is 349 g/mol. The number of hydrogen-bond donors (Lipinski definition) is 0. The molecule has 0 N–H and O–H groups in total. The van der Waals surface area contributed by atoms with Gasteiger partial charge in [-0.05, 0) is 24.1 Å². The Morgan fingerprint density at radius 1 is 1.00 bits per heavy atom. The average Bonchev–Trinajstić information content (AvgIpc) is 2.95. The fraction of sp³-hybridized carbons (Fsp3) is 0.286. The van der Waals surface area contributed by atoms with Crippen LogP contribution in [-0.4, -0.2) is 34.9 Å². The van der Waals surface area contributed by atoms with Crippen LogP contribution < -0.4 is 0 Å². The summed E-state index contributed by atoms with van der Waals surface area (Å²) >= 11 is 0. The van der Waals surface area contributed by atoms with Crippen molar-refractivity contribution in [2.75, 3.05) is 0 Å². The summed E-state index contributed by atoms with van der Waals surface area (Å²) in [6.45, 7) is 1.63. The van der Waals surface area contributed by atoms with Crippen molar-refractivity contribution in [1.29, 1.82) is 0 Å². The topological polar surface area (TPSA) is 63.7 Å². The first kappa shape index (κ1) is 18.8. The van der Waals surface area contributed by atoms with E-state index in [0.29, 0.717) is 0 Å². The fourth-order valence-corrected chi connectivity index (χ4v) is 3.03. The largest absolute Gasteiger partial charge is 0.459 e. The van der Waals surface area contributed by atoms with Gasteiger partial charge in [0.15, 0.2) is 0 Å². The van der Waals surface area contributed by atoms with Crippen molar-refractivity contribution in [1.82, 2.24) is 4.90 Å². The molecule has 27 heavy (non-hydrogen) atoms. The quantitative estimate of drug-likeness (QED) is 0.553. The number of rotatable bonds is 7. The number of alkyl halides is 1. The highest BCUT2D eigenvalue weighted by Crippen LogP contribution is 2.27. The van der Waals surface area contributed by atoms with Gasteiger partial charge in [-0.25, -0.2) is 9.18 Å². The lowest BCUT2D eigenvalue weighted by Gasteiger charge is -2.25. The zero-order valence-corrected chi connectivity index (χ0v) is 14.9. The minimum atomic E-state index is -1.33. The molecular formula is C21H20FNO4. The summed E-state index contributed by atoms with van der Waals surface area (Å²) in [7, 11) is 0. The number of fused-ring (bicyclic) bond motifs is 1. The maximum absolute atomic E-state index is 14.1. The average molecular weight is 369 g/mol.